The first-order chi connectivity index (χ1) is 14.6. The maximum atomic E-state index is 6.04. The van der Waals surface area contributed by atoms with Gasteiger partial charge in [0.15, 0.2) is 11.8 Å². The highest BCUT2D eigenvalue weighted by molar-refractivity contribution is 14.0. The van der Waals surface area contributed by atoms with E-state index in [1.165, 1.54) is 0 Å². The van der Waals surface area contributed by atoms with Crippen molar-refractivity contribution >= 4 is 41.5 Å². The van der Waals surface area contributed by atoms with E-state index in [2.05, 4.69) is 42.8 Å². The minimum atomic E-state index is 0. The molecule has 2 aromatic heterocycles. The molecule has 31 heavy (non-hydrogen) atoms. The normalized spacial score (nSPS) is 15.8. The molecule has 1 aromatic carbocycles. The third-order valence-corrected chi connectivity index (χ3v) is 5.06. The fourth-order valence-corrected chi connectivity index (χ4v) is 3.54. The predicted octanol–water partition coefficient (Wildman–Crippen LogP) is 3.23. The number of aromatic nitrogens is 5. The molecule has 0 radical (unpaired) electrons. The Morgan fingerprint density at radius 3 is 2.97 bits per heavy atom. The van der Waals surface area contributed by atoms with Crippen LogP contribution in [0.3, 0.4) is 0 Å². The monoisotopic (exact) mass is 556 g/mol. The highest BCUT2D eigenvalue weighted by Gasteiger charge is 2.22. The van der Waals surface area contributed by atoms with Gasteiger partial charge in [-0.1, -0.05) is 35.8 Å². The van der Waals surface area contributed by atoms with Crippen molar-refractivity contribution in [1.82, 2.24) is 35.5 Å². The molecular formula is C20H26ClIN8O. The first-order valence-electron chi connectivity index (χ1n) is 10.2. The fourth-order valence-electron chi connectivity index (χ4n) is 3.35. The van der Waals surface area contributed by atoms with E-state index in [0.717, 1.165) is 49.6 Å². The number of fused-ring (bicyclic) bond motifs is 1. The van der Waals surface area contributed by atoms with Gasteiger partial charge >= 0.3 is 0 Å². The Hall–Kier alpha value is -2.21. The van der Waals surface area contributed by atoms with Crippen LogP contribution in [0, 0.1) is 0 Å². The molecule has 0 bridgehead atoms. The molecule has 1 atom stereocenters. The third-order valence-electron chi connectivity index (χ3n) is 4.83. The fraction of sp³-hybridized carbons (Fsp3) is 0.450. The van der Waals surface area contributed by atoms with Gasteiger partial charge in [-0.05, 0) is 25.5 Å². The highest BCUT2D eigenvalue weighted by Crippen LogP contribution is 2.20. The minimum absolute atomic E-state index is 0. The Bertz CT molecular complexity index is 1030. The maximum Gasteiger partial charge on any atom is 0.248 e. The van der Waals surface area contributed by atoms with Crippen LogP contribution >= 0.6 is 35.6 Å². The van der Waals surface area contributed by atoms with Crippen molar-refractivity contribution in [2.75, 3.05) is 6.54 Å². The second kappa shape index (κ2) is 10.9. The van der Waals surface area contributed by atoms with Crippen molar-refractivity contribution in [3.8, 4) is 11.4 Å². The van der Waals surface area contributed by atoms with Gasteiger partial charge < -0.3 is 15.2 Å². The SMILES string of the molecule is CCNC(=NCc1nc(-c2cccc(Cl)c2)no1)NC1CCc2nc(CC)nn2C1.I. The zero-order chi connectivity index (χ0) is 20.9. The number of aryl methyl sites for hydroxylation is 2. The van der Waals surface area contributed by atoms with Crippen LogP contribution in [-0.4, -0.2) is 43.5 Å². The summed E-state index contributed by atoms with van der Waals surface area (Å²) >= 11 is 6.04. The van der Waals surface area contributed by atoms with Crippen LogP contribution in [0.25, 0.3) is 11.4 Å². The van der Waals surface area contributed by atoms with E-state index in [9.17, 15) is 0 Å². The molecule has 2 N–H and O–H groups in total. The van der Waals surface area contributed by atoms with Crippen molar-refractivity contribution in [2.45, 2.75) is 52.2 Å². The zero-order valence-corrected chi connectivity index (χ0v) is 20.6. The van der Waals surface area contributed by atoms with Crippen LogP contribution in [0.4, 0.5) is 0 Å². The van der Waals surface area contributed by atoms with E-state index in [1.807, 2.05) is 23.7 Å². The summed E-state index contributed by atoms with van der Waals surface area (Å²) < 4.78 is 7.35. The molecule has 166 valence electrons. The van der Waals surface area contributed by atoms with Crippen molar-refractivity contribution in [1.29, 1.82) is 0 Å². The van der Waals surface area contributed by atoms with Crippen LogP contribution in [-0.2, 0) is 25.9 Å². The lowest BCUT2D eigenvalue weighted by Gasteiger charge is -2.25. The van der Waals surface area contributed by atoms with Gasteiger partial charge in [-0.3, -0.25) is 0 Å². The molecule has 0 amide bonds. The number of nitrogens with one attached hydrogen (secondary N) is 2. The Morgan fingerprint density at radius 1 is 1.32 bits per heavy atom. The first kappa shape index (κ1) is 23.5. The van der Waals surface area contributed by atoms with Gasteiger partial charge in [-0.25, -0.2) is 14.7 Å². The summed E-state index contributed by atoms with van der Waals surface area (Å²) in [5.74, 6) is 3.61. The van der Waals surface area contributed by atoms with E-state index < -0.39 is 0 Å². The summed E-state index contributed by atoms with van der Waals surface area (Å²) in [7, 11) is 0. The van der Waals surface area contributed by atoms with Gasteiger partial charge in [-0.2, -0.15) is 10.1 Å². The van der Waals surface area contributed by atoms with E-state index in [-0.39, 0.29) is 36.6 Å². The molecule has 9 nitrogen and oxygen atoms in total. The number of aliphatic imine (C=N–C) groups is 1. The summed E-state index contributed by atoms with van der Waals surface area (Å²) in [5, 5.41) is 16.0. The smallest absolute Gasteiger partial charge is 0.248 e. The van der Waals surface area contributed by atoms with Crippen molar-refractivity contribution in [2.24, 2.45) is 4.99 Å². The number of benzene rings is 1. The summed E-state index contributed by atoms with van der Waals surface area (Å²) in [6, 6.07) is 7.58. The van der Waals surface area contributed by atoms with Gasteiger partial charge in [0.2, 0.25) is 11.7 Å². The topological polar surface area (TPSA) is 106 Å². The Labute approximate surface area is 203 Å². The minimum Gasteiger partial charge on any atom is -0.357 e. The standard InChI is InChI=1S/C20H25ClN8O.HI/c1-3-16-25-17-9-8-15(12-29(17)27-16)24-20(22-4-2)23-11-18-26-19(28-30-18)13-6-5-7-14(21)10-13;/h5-7,10,15H,3-4,8-9,11-12H2,1-2H3,(H2,22,23,24);1H. The van der Waals surface area contributed by atoms with E-state index in [4.69, 9.17) is 16.1 Å². The molecule has 3 heterocycles. The van der Waals surface area contributed by atoms with Crippen molar-refractivity contribution < 1.29 is 4.52 Å². The summed E-state index contributed by atoms with van der Waals surface area (Å²) in [6.07, 6.45) is 2.73. The first-order valence-corrected chi connectivity index (χ1v) is 10.6. The summed E-state index contributed by atoms with van der Waals surface area (Å²) in [4.78, 5) is 13.6. The molecule has 4 rings (SSSR count). The molecule has 1 aliphatic heterocycles. The van der Waals surface area contributed by atoms with Crippen LogP contribution in [0.2, 0.25) is 5.02 Å². The predicted molar refractivity (Wildman–Crippen MR) is 130 cm³/mol. The molecule has 1 unspecified atom stereocenters. The number of guanidine groups is 1. The van der Waals surface area contributed by atoms with Crippen LogP contribution in [0.5, 0.6) is 0 Å². The Kier molecular flexibility index (Phi) is 8.24. The van der Waals surface area contributed by atoms with Gasteiger partial charge in [0.05, 0.1) is 6.54 Å². The molecule has 0 aliphatic carbocycles. The van der Waals surface area contributed by atoms with Gasteiger partial charge in [0, 0.05) is 36.0 Å². The molecule has 0 saturated heterocycles. The van der Waals surface area contributed by atoms with Gasteiger partial charge in [0.1, 0.15) is 12.4 Å². The Morgan fingerprint density at radius 2 is 2.19 bits per heavy atom. The quantitative estimate of drug-likeness (QED) is 0.273. The third kappa shape index (κ3) is 5.94. The number of nitrogens with zero attached hydrogens (tertiary/aromatic N) is 6. The second-order valence-electron chi connectivity index (χ2n) is 7.08. The number of halogens is 2. The highest BCUT2D eigenvalue weighted by atomic mass is 127. The molecule has 0 spiro atoms. The lowest BCUT2D eigenvalue weighted by atomic mass is 10.1. The number of hydrogen-bond acceptors (Lipinski definition) is 6. The largest absolute Gasteiger partial charge is 0.357 e. The van der Waals surface area contributed by atoms with Gasteiger partial charge in [-0.15, -0.1) is 24.0 Å². The van der Waals surface area contributed by atoms with Crippen LogP contribution in [0.1, 0.15) is 37.8 Å². The van der Waals surface area contributed by atoms with Crippen LogP contribution < -0.4 is 10.6 Å². The average Bonchev–Trinajstić information content (AvgIpc) is 3.38. The summed E-state index contributed by atoms with van der Waals surface area (Å²) in [6.45, 7) is 5.91. The molecule has 11 heteroatoms. The number of rotatable bonds is 6. The Balaban J connectivity index is 0.00000272. The van der Waals surface area contributed by atoms with Crippen LogP contribution in [0.15, 0.2) is 33.8 Å². The summed E-state index contributed by atoms with van der Waals surface area (Å²) in [5.41, 5.74) is 0.809. The molecule has 0 saturated carbocycles. The number of hydrogen-bond donors (Lipinski definition) is 2. The molecule has 3 aromatic rings. The zero-order valence-electron chi connectivity index (χ0n) is 17.5. The van der Waals surface area contributed by atoms with Gasteiger partial charge in [0.25, 0.3) is 0 Å². The average molecular weight is 557 g/mol. The molecule has 1 aliphatic rings. The van der Waals surface area contributed by atoms with E-state index >= 15 is 0 Å². The molecular weight excluding hydrogens is 531 g/mol. The van der Waals surface area contributed by atoms with Crippen molar-refractivity contribution in [3.63, 3.8) is 0 Å². The lowest BCUT2D eigenvalue weighted by Crippen LogP contribution is -2.47. The van der Waals surface area contributed by atoms with E-state index in [1.54, 1.807) is 12.1 Å². The molecule has 0 fully saturated rings. The second-order valence-corrected chi connectivity index (χ2v) is 7.51. The van der Waals surface area contributed by atoms with E-state index in [0.29, 0.717) is 22.7 Å². The lowest BCUT2D eigenvalue weighted by molar-refractivity contribution is 0.378. The van der Waals surface area contributed by atoms with Crippen molar-refractivity contribution in [3.05, 3.63) is 46.8 Å². The maximum absolute atomic E-state index is 6.04.